The number of amides is 2. The number of hydrogen-bond donors (Lipinski definition) is 3. The van der Waals surface area contributed by atoms with Crippen LogP contribution in [0, 0.1) is 12.8 Å². The Bertz CT molecular complexity index is 1320. The van der Waals surface area contributed by atoms with Crippen LogP contribution in [-0.2, 0) is 4.79 Å². The van der Waals surface area contributed by atoms with Crippen LogP contribution in [0.1, 0.15) is 40.6 Å². The first-order valence-corrected chi connectivity index (χ1v) is 10.5. The average Bonchev–Trinajstić information content (AvgIpc) is 3.55. The van der Waals surface area contributed by atoms with E-state index in [0.29, 0.717) is 11.6 Å². The lowest BCUT2D eigenvalue weighted by molar-refractivity contribution is -0.117. The monoisotopic (exact) mass is 450 g/mol. The second kappa shape index (κ2) is 7.76. The highest BCUT2D eigenvalue weighted by Crippen LogP contribution is 2.31. The number of rotatable bonds is 5. The van der Waals surface area contributed by atoms with E-state index in [0.717, 1.165) is 24.0 Å². The minimum Gasteiger partial charge on any atom is -0.336 e. The molecule has 162 valence electrons. The van der Waals surface area contributed by atoms with Crippen molar-refractivity contribution in [2.75, 3.05) is 10.6 Å². The highest BCUT2D eigenvalue weighted by Gasteiger charge is 2.34. The molecule has 1 aliphatic carbocycles. The number of pyridine rings is 1. The number of aryl methyl sites for hydroxylation is 1. The number of nitrogens with one attached hydrogen (secondary N) is 3. The van der Waals surface area contributed by atoms with Crippen molar-refractivity contribution in [3.8, 4) is 0 Å². The van der Waals surface area contributed by atoms with Crippen molar-refractivity contribution in [3.05, 3.63) is 74.9 Å². The zero-order valence-corrected chi connectivity index (χ0v) is 17.8. The summed E-state index contributed by atoms with van der Waals surface area (Å²) >= 11 is 6.38. The summed E-state index contributed by atoms with van der Waals surface area (Å²) in [5.41, 5.74) is 1.58. The maximum Gasteiger partial charge on any atom is 0.276 e. The van der Waals surface area contributed by atoms with Crippen molar-refractivity contribution in [1.29, 1.82) is 0 Å². The molecule has 1 unspecified atom stereocenters. The summed E-state index contributed by atoms with van der Waals surface area (Å²) in [5.74, 6) is 0.175. The fourth-order valence-corrected chi connectivity index (χ4v) is 3.98. The van der Waals surface area contributed by atoms with E-state index in [1.807, 2.05) is 31.2 Å². The fraction of sp³-hybridized carbons (Fsp3) is 0.227. The molecule has 1 saturated carbocycles. The fourth-order valence-electron chi connectivity index (χ4n) is 3.69. The van der Waals surface area contributed by atoms with Crippen LogP contribution in [-0.4, -0.2) is 26.3 Å². The molecule has 3 heterocycles. The molecule has 0 saturated heterocycles. The van der Waals surface area contributed by atoms with Gasteiger partial charge in [-0.1, -0.05) is 41.4 Å². The minimum absolute atomic E-state index is 0.0325. The van der Waals surface area contributed by atoms with E-state index in [1.165, 1.54) is 23.0 Å². The number of nitrogens with zero attached hydrogens (tertiary/aromatic N) is 3. The first-order valence-electron chi connectivity index (χ1n) is 10.1. The molecule has 2 amide bonds. The van der Waals surface area contributed by atoms with E-state index in [4.69, 9.17) is 11.6 Å². The SMILES string of the molecule is Cc1cccc(C2NC(=O)c3c(Cl)cc(Nc4cc(NC(=O)C5CC5)ncn4)c(=O)n32)c1. The van der Waals surface area contributed by atoms with E-state index in [-0.39, 0.29) is 28.2 Å². The van der Waals surface area contributed by atoms with E-state index in [2.05, 4.69) is 25.9 Å². The van der Waals surface area contributed by atoms with Gasteiger partial charge in [0.25, 0.3) is 11.5 Å². The number of halogens is 1. The van der Waals surface area contributed by atoms with Gasteiger partial charge < -0.3 is 16.0 Å². The highest BCUT2D eigenvalue weighted by atomic mass is 35.5. The molecule has 0 spiro atoms. The number of hydrogen-bond acceptors (Lipinski definition) is 6. The molecule has 9 nitrogen and oxygen atoms in total. The number of anilines is 3. The van der Waals surface area contributed by atoms with Crippen LogP contribution in [0.25, 0.3) is 0 Å². The molecule has 0 bridgehead atoms. The predicted octanol–water partition coefficient (Wildman–Crippen LogP) is 2.98. The Morgan fingerprint density at radius 1 is 1.16 bits per heavy atom. The van der Waals surface area contributed by atoms with Gasteiger partial charge in [0.2, 0.25) is 5.91 Å². The second-order valence-electron chi connectivity index (χ2n) is 7.90. The summed E-state index contributed by atoms with van der Waals surface area (Å²) in [6.45, 7) is 1.93. The van der Waals surface area contributed by atoms with Crippen molar-refractivity contribution < 1.29 is 9.59 Å². The van der Waals surface area contributed by atoms with Gasteiger partial charge in [0.05, 0.1) is 5.02 Å². The third-order valence-electron chi connectivity index (χ3n) is 5.42. The van der Waals surface area contributed by atoms with Crippen molar-refractivity contribution in [1.82, 2.24) is 19.9 Å². The van der Waals surface area contributed by atoms with Gasteiger partial charge >= 0.3 is 0 Å². The summed E-state index contributed by atoms with van der Waals surface area (Å²) in [6, 6.07) is 10.5. The second-order valence-corrected chi connectivity index (χ2v) is 8.30. The molecule has 1 fully saturated rings. The molecular formula is C22H19ClN6O3. The van der Waals surface area contributed by atoms with E-state index >= 15 is 0 Å². The molecular weight excluding hydrogens is 432 g/mol. The first-order chi connectivity index (χ1) is 15.4. The van der Waals surface area contributed by atoms with Crippen molar-refractivity contribution in [2.24, 2.45) is 5.92 Å². The highest BCUT2D eigenvalue weighted by molar-refractivity contribution is 6.34. The molecule has 2 aromatic heterocycles. The molecule has 1 atom stereocenters. The Hall–Kier alpha value is -3.72. The Labute approximate surface area is 187 Å². The Morgan fingerprint density at radius 2 is 1.94 bits per heavy atom. The molecule has 32 heavy (non-hydrogen) atoms. The van der Waals surface area contributed by atoms with Crippen LogP contribution >= 0.6 is 11.6 Å². The largest absolute Gasteiger partial charge is 0.336 e. The standard InChI is InChI=1S/C22H19ClN6O3/c1-11-3-2-4-13(7-11)19-28-21(31)18-14(23)8-15(22(32)29(18)19)26-16-9-17(25-10-24-16)27-20(30)12-5-6-12/h2-4,7-10,12,19H,5-6H2,1H3,(H,28,31)(H2,24,25,26,27,30). The number of fused-ring (bicyclic) bond motifs is 1. The summed E-state index contributed by atoms with van der Waals surface area (Å²) in [4.78, 5) is 46.0. The average molecular weight is 451 g/mol. The molecule has 2 aliphatic rings. The van der Waals surface area contributed by atoms with Crippen LogP contribution in [0.5, 0.6) is 0 Å². The zero-order chi connectivity index (χ0) is 22.4. The van der Waals surface area contributed by atoms with Crippen molar-refractivity contribution in [3.63, 3.8) is 0 Å². The van der Waals surface area contributed by atoms with Crippen LogP contribution in [0.2, 0.25) is 5.02 Å². The third-order valence-corrected chi connectivity index (χ3v) is 5.70. The molecule has 1 aromatic carbocycles. The third kappa shape index (κ3) is 3.71. The van der Waals surface area contributed by atoms with Gasteiger partial charge in [-0.3, -0.25) is 19.0 Å². The van der Waals surface area contributed by atoms with Gasteiger partial charge in [0.15, 0.2) is 0 Å². The lowest BCUT2D eigenvalue weighted by Crippen LogP contribution is -2.29. The molecule has 0 radical (unpaired) electrons. The molecule has 10 heteroatoms. The molecule has 3 aromatic rings. The molecule has 3 N–H and O–H groups in total. The first kappa shape index (κ1) is 20.2. The summed E-state index contributed by atoms with van der Waals surface area (Å²) in [7, 11) is 0. The lowest BCUT2D eigenvalue weighted by atomic mass is 10.1. The summed E-state index contributed by atoms with van der Waals surface area (Å²) < 4.78 is 1.35. The lowest BCUT2D eigenvalue weighted by Gasteiger charge is -2.17. The van der Waals surface area contributed by atoms with E-state index < -0.39 is 17.6 Å². The van der Waals surface area contributed by atoms with Gasteiger partial charge in [-0.05, 0) is 31.4 Å². The quantitative estimate of drug-likeness (QED) is 0.550. The number of benzene rings is 1. The van der Waals surface area contributed by atoms with Crippen LogP contribution in [0.15, 0.2) is 47.5 Å². The molecule has 5 rings (SSSR count). The summed E-state index contributed by atoms with van der Waals surface area (Å²) in [5, 5.41) is 8.64. The number of carbonyl (C=O) groups is 2. The van der Waals surface area contributed by atoms with E-state index in [9.17, 15) is 14.4 Å². The van der Waals surface area contributed by atoms with Gasteiger partial charge in [0, 0.05) is 12.0 Å². The van der Waals surface area contributed by atoms with Crippen molar-refractivity contribution >= 4 is 40.7 Å². The van der Waals surface area contributed by atoms with Crippen LogP contribution in [0.3, 0.4) is 0 Å². The Balaban J connectivity index is 1.50. The van der Waals surface area contributed by atoms with Crippen LogP contribution < -0.4 is 21.5 Å². The zero-order valence-electron chi connectivity index (χ0n) is 17.1. The van der Waals surface area contributed by atoms with Gasteiger partial charge in [-0.2, -0.15) is 0 Å². The Morgan fingerprint density at radius 3 is 2.69 bits per heavy atom. The smallest absolute Gasteiger partial charge is 0.276 e. The van der Waals surface area contributed by atoms with E-state index in [1.54, 1.807) is 0 Å². The maximum absolute atomic E-state index is 13.3. The maximum atomic E-state index is 13.3. The topological polar surface area (TPSA) is 118 Å². The van der Waals surface area contributed by atoms with Gasteiger partial charge in [0.1, 0.15) is 35.5 Å². The summed E-state index contributed by atoms with van der Waals surface area (Å²) in [6.07, 6.45) is 2.36. The van der Waals surface area contributed by atoms with Crippen molar-refractivity contribution in [2.45, 2.75) is 25.9 Å². The normalized spacial score (nSPS) is 16.9. The van der Waals surface area contributed by atoms with Gasteiger partial charge in [-0.25, -0.2) is 9.97 Å². The van der Waals surface area contributed by atoms with Crippen LogP contribution in [0.4, 0.5) is 17.3 Å². The number of carbonyl (C=O) groups excluding carboxylic acids is 2. The van der Waals surface area contributed by atoms with Gasteiger partial charge in [-0.15, -0.1) is 0 Å². The molecule has 1 aliphatic heterocycles. The minimum atomic E-state index is -0.678. The predicted molar refractivity (Wildman–Crippen MR) is 119 cm³/mol. The Kier molecular flexibility index (Phi) is 4.90. The number of aromatic nitrogens is 3.